The van der Waals surface area contributed by atoms with Crippen LogP contribution in [-0.2, 0) is 26.0 Å². The highest BCUT2D eigenvalue weighted by atomic mass is 32.2. The predicted molar refractivity (Wildman–Crippen MR) is 93.8 cm³/mol. The molecule has 0 aliphatic carbocycles. The van der Waals surface area contributed by atoms with E-state index < -0.39 is 10.0 Å². The van der Waals surface area contributed by atoms with E-state index in [1.807, 2.05) is 13.8 Å². The minimum atomic E-state index is -3.70. The molecule has 0 unspecified atom stereocenters. The number of nitrogens with zero attached hydrogens (tertiary/aromatic N) is 1. The Kier molecular flexibility index (Phi) is 5.95. The number of thiazole rings is 1. The van der Waals surface area contributed by atoms with Crippen LogP contribution in [0.3, 0.4) is 0 Å². The molecular weight excluding hydrogens is 348 g/mol. The van der Waals surface area contributed by atoms with E-state index in [0.29, 0.717) is 18.2 Å². The Morgan fingerprint density at radius 1 is 1.29 bits per heavy atom. The fraction of sp³-hybridized carbons (Fsp3) is 0.375. The number of nitrogens with one attached hydrogen (secondary N) is 1. The molecule has 0 saturated carbocycles. The lowest BCUT2D eigenvalue weighted by Crippen LogP contribution is -2.13. The maximum absolute atomic E-state index is 12.4. The van der Waals surface area contributed by atoms with Gasteiger partial charge in [0.15, 0.2) is 5.13 Å². The van der Waals surface area contributed by atoms with Gasteiger partial charge in [-0.15, -0.1) is 11.3 Å². The van der Waals surface area contributed by atoms with Crippen molar-refractivity contribution < 1.29 is 17.9 Å². The molecule has 0 atom stereocenters. The van der Waals surface area contributed by atoms with Crippen molar-refractivity contribution in [3.05, 3.63) is 40.9 Å². The summed E-state index contributed by atoms with van der Waals surface area (Å²) in [5, 5.41) is 1.86. The lowest BCUT2D eigenvalue weighted by Gasteiger charge is -2.08. The maximum atomic E-state index is 12.4. The van der Waals surface area contributed by atoms with E-state index in [2.05, 4.69) is 9.71 Å². The summed E-state index contributed by atoms with van der Waals surface area (Å²) in [5.74, 6) is -0.0550. The Hall–Kier alpha value is -1.93. The monoisotopic (exact) mass is 368 g/mol. The Labute approximate surface area is 145 Å². The summed E-state index contributed by atoms with van der Waals surface area (Å²) >= 11 is 1.13. The predicted octanol–water partition coefficient (Wildman–Crippen LogP) is 3.17. The van der Waals surface area contributed by atoms with Gasteiger partial charge in [0.25, 0.3) is 10.0 Å². The molecule has 0 amide bonds. The van der Waals surface area contributed by atoms with Crippen LogP contribution >= 0.6 is 11.3 Å². The van der Waals surface area contributed by atoms with Crippen LogP contribution < -0.4 is 4.72 Å². The number of hydrogen-bond acceptors (Lipinski definition) is 6. The second-order valence-electron chi connectivity index (χ2n) is 5.46. The summed E-state index contributed by atoms with van der Waals surface area (Å²) in [6.07, 6.45) is 0.0230. The molecule has 0 fully saturated rings. The first kappa shape index (κ1) is 18.4. The van der Waals surface area contributed by atoms with Crippen molar-refractivity contribution in [1.82, 2.24) is 4.98 Å². The van der Waals surface area contributed by atoms with E-state index in [-0.39, 0.29) is 22.4 Å². The van der Waals surface area contributed by atoms with E-state index in [1.165, 1.54) is 0 Å². The number of benzene rings is 1. The number of rotatable bonds is 7. The molecule has 0 radical (unpaired) electrons. The molecule has 8 heteroatoms. The van der Waals surface area contributed by atoms with Crippen LogP contribution in [0.2, 0.25) is 0 Å². The molecule has 24 heavy (non-hydrogen) atoms. The summed E-state index contributed by atoms with van der Waals surface area (Å²) in [5.41, 5.74) is 1.55. The van der Waals surface area contributed by atoms with Gasteiger partial charge in [-0.05, 0) is 30.5 Å². The van der Waals surface area contributed by atoms with Gasteiger partial charge >= 0.3 is 5.97 Å². The van der Waals surface area contributed by atoms with Gasteiger partial charge in [-0.3, -0.25) is 9.52 Å². The average molecular weight is 368 g/mol. The second-order valence-corrected chi connectivity index (χ2v) is 8.00. The van der Waals surface area contributed by atoms with E-state index in [4.69, 9.17) is 4.74 Å². The van der Waals surface area contributed by atoms with Crippen LogP contribution in [0.1, 0.15) is 37.9 Å². The molecule has 6 nitrogen and oxygen atoms in total. The highest BCUT2D eigenvalue weighted by molar-refractivity contribution is 7.93. The largest absolute Gasteiger partial charge is 0.466 e. The standard InChI is InChI=1S/C16H20N2O4S2/c1-4-22-15(19)9-13-10-23-16(17-13)18-24(20,21)14-7-5-12(6-8-14)11(2)3/h5-8,10-11H,4,9H2,1-3H3,(H,17,18). The van der Waals surface area contributed by atoms with Crippen LogP contribution in [0.5, 0.6) is 0 Å². The lowest BCUT2D eigenvalue weighted by atomic mass is 10.0. The number of anilines is 1. The fourth-order valence-electron chi connectivity index (χ4n) is 2.00. The maximum Gasteiger partial charge on any atom is 0.311 e. The van der Waals surface area contributed by atoms with Crippen LogP contribution in [0.25, 0.3) is 0 Å². The summed E-state index contributed by atoms with van der Waals surface area (Å²) in [6.45, 7) is 6.11. The first-order valence-corrected chi connectivity index (χ1v) is 9.91. The minimum Gasteiger partial charge on any atom is -0.466 e. The van der Waals surface area contributed by atoms with Crippen molar-refractivity contribution in [2.45, 2.75) is 38.0 Å². The number of carbonyl (C=O) groups is 1. The van der Waals surface area contributed by atoms with E-state index in [1.54, 1.807) is 36.6 Å². The molecular formula is C16H20N2O4S2. The molecule has 2 rings (SSSR count). The zero-order valence-corrected chi connectivity index (χ0v) is 15.4. The van der Waals surface area contributed by atoms with Crippen molar-refractivity contribution in [2.75, 3.05) is 11.3 Å². The minimum absolute atomic E-state index is 0.0230. The molecule has 1 N–H and O–H groups in total. The topological polar surface area (TPSA) is 85.4 Å². The van der Waals surface area contributed by atoms with Gasteiger partial charge in [0, 0.05) is 5.38 Å². The number of aromatic nitrogens is 1. The molecule has 0 aliphatic heterocycles. The highest BCUT2D eigenvalue weighted by Gasteiger charge is 2.17. The smallest absolute Gasteiger partial charge is 0.311 e. The van der Waals surface area contributed by atoms with Gasteiger partial charge in [-0.1, -0.05) is 26.0 Å². The summed E-state index contributed by atoms with van der Waals surface area (Å²) < 4.78 is 32.0. The number of esters is 1. The molecule has 0 aliphatic rings. The third kappa shape index (κ3) is 4.78. The normalized spacial score (nSPS) is 11.5. The lowest BCUT2D eigenvalue weighted by molar-refractivity contribution is -0.142. The molecule has 130 valence electrons. The zero-order valence-electron chi connectivity index (χ0n) is 13.8. The zero-order chi connectivity index (χ0) is 17.7. The number of sulfonamides is 1. The van der Waals surface area contributed by atoms with Crippen LogP contribution in [0, 0.1) is 0 Å². The Bertz CT molecular complexity index is 796. The summed E-state index contributed by atoms with van der Waals surface area (Å²) in [4.78, 5) is 15.7. The fourth-order valence-corrected chi connectivity index (χ4v) is 3.96. The van der Waals surface area contributed by atoms with Gasteiger partial charge < -0.3 is 4.74 Å². The first-order valence-electron chi connectivity index (χ1n) is 7.54. The van der Waals surface area contributed by atoms with Crippen LogP contribution in [0.4, 0.5) is 5.13 Å². The number of hydrogen-bond donors (Lipinski definition) is 1. The molecule has 0 bridgehead atoms. The van der Waals surface area contributed by atoms with Crippen molar-refractivity contribution in [2.24, 2.45) is 0 Å². The molecule has 0 spiro atoms. The van der Waals surface area contributed by atoms with E-state index >= 15 is 0 Å². The SMILES string of the molecule is CCOC(=O)Cc1csc(NS(=O)(=O)c2ccc(C(C)C)cc2)n1. The first-order chi connectivity index (χ1) is 11.3. The van der Waals surface area contributed by atoms with Gasteiger partial charge in [-0.25, -0.2) is 13.4 Å². The van der Waals surface area contributed by atoms with Crippen LogP contribution in [0.15, 0.2) is 34.5 Å². The van der Waals surface area contributed by atoms with E-state index in [9.17, 15) is 13.2 Å². The van der Waals surface area contributed by atoms with Crippen molar-refractivity contribution in [3.63, 3.8) is 0 Å². The van der Waals surface area contributed by atoms with Gasteiger partial charge in [0.05, 0.1) is 23.6 Å². The number of carbonyl (C=O) groups excluding carboxylic acids is 1. The Morgan fingerprint density at radius 3 is 2.54 bits per heavy atom. The Morgan fingerprint density at radius 2 is 1.96 bits per heavy atom. The second kappa shape index (κ2) is 7.76. The number of ether oxygens (including phenoxy) is 1. The van der Waals surface area contributed by atoms with Crippen LogP contribution in [-0.4, -0.2) is 26.0 Å². The quantitative estimate of drug-likeness (QED) is 0.759. The van der Waals surface area contributed by atoms with Crippen molar-refractivity contribution in [3.8, 4) is 0 Å². The summed E-state index contributed by atoms with van der Waals surface area (Å²) in [6, 6.07) is 6.75. The highest BCUT2D eigenvalue weighted by Crippen LogP contribution is 2.22. The van der Waals surface area contributed by atoms with Gasteiger partial charge in [0.2, 0.25) is 0 Å². The van der Waals surface area contributed by atoms with Gasteiger partial charge in [0.1, 0.15) is 0 Å². The Balaban J connectivity index is 2.09. The van der Waals surface area contributed by atoms with E-state index in [0.717, 1.165) is 16.9 Å². The third-order valence-electron chi connectivity index (χ3n) is 3.26. The molecule has 1 aromatic carbocycles. The van der Waals surface area contributed by atoms with Crippen molar-refractivity contribution in [1.29, 1.82) is 0 Å². The van der Waals surface area contributed by atoms with Gasteiger partial charge in [-0.2, -0.15) is 0 Å². The third-order valence-corrected chi connectivity index (χ3v) is 5.55. The molecule has 1 heterocycles. The summed E-state index contributed by atoms with van der Waals surface area (Å²) in [7, 11) is -3.70. The molecule has 2 aromatic rings. The average Bonchev–Trinajstić information content (AvgIpc) is 2.93. The molecule has 0 saturated heterocycles. The molecule has 1 aromatic heterocycles. The van der Waals surface area contributed by atoms with Crippen molar-refractivity contribution >= 4 is 32.5 Å².